The first kappa shape index (κ1) is 18.6. The molecule has 8 nitrogen and oxygen atoms in total. The Morgan fingerprint density at radius 3 is 2.81 bits per heavy atom. The Morgan fingerprint density at radius 2 is 2.11 bits per heavy atom. The van der Waals surface area contributed by atoms with E-state index in [9.17, 15) is 14.0 Å². The van der Waals surface area contributed by atoms with Crippen molar-refractivity contribution in [2.45, 2.75) is 19.5 Å². The van der Waals surface area contributed by atoms with E-state index in [1.807, 2.05) is 0 Å². The molecule has 0 saturated carbocycles. The van der Waals surface area contributed by atoms with Gasteiger partial charge in [0.25, 0.3) is 5.91 Å². The minimum absolute atomic E-state index is 0.110. The molecule has 0 bridgehead atoms. The van der Waals surface area contributed by atoms with Crippen molar-refractivity contribution >= 4 is 29.2 Å². The summed E-state index contributed by atoms with van der Waals surface area (Å²) in [4.78, 5) is 23.5. The number of nitrogens with zero attached hydrogens (tertiary/aromatic N) is 4. The normalized spacial score (nSPS) is 12.0. The van der Waals surface area contributed by atoms with Crippen LogP contribution in [0.1, 0.15) is 29.0 Å². The zero-order valence-electron chi connectivity index (χ0n) is 14.1. The maximum absolute atomic E-state index is 13.1. The quantitative estimate of drug-likeness (QED) is 0.672. The number of aliphatic carboxylic acids is 1. The van der Waals surface area contributed by atoms with Gasteiger partial charge in [0.1, 0.15) is 17.6 Å². The molecule has 3 aromatic rings. The number of amides is 1. The highest BCUT2D eigenvalue weighted by atomic mass is 35.5. The minimum atomic E-state index is -1.10. The first-order valence-electron chi connectivity index (χ1n) is 7.89. The molecule has 0 aliphatic rings. The number of hydrogen-bond acceptors (Lipinski definition) is 4. The summed E-state index contributed by atoms with van der Waals surface area (Å²) in [7, 11) is 0. The Labute approximate surface area is 158 Å². The first-order valence-corrected chi connectivity index (χ1v) is 8.27. The largest absolute Gasteiger partial charge is 0.480 e. The standard InChI is InChI=1S/C17H15ClFN5O3/c1-10(17(26)27)24-15(4-5-20-24)16(25)22-13-7-21-23(9-13)8-11-2-3-12(19)6-14(11)18/h2-7,9-10H,8H2,1H3,(H,22,25)(H,26,27). The van der Waals surface area contributed by atoms with Crippen LogP contribution in [-0.2, 0) is 11.3 Å². The van der Waals surface area contributed by atoms with Crippen LogP contribution in [-0.4, -0.2) is 36.5 Å². The molecule has 0 aliphatic heterocycles. The molecule has 0 spiro atoms. The molecule has 1 atom stereocenters. The van der Waals surface area contributed by atoms with Gasteiger partial charge in [0.05, 0.1) is 18.4 Å². The SMILES string of the molecule is CC(C(=O)O)n1nccc1C(=O)Nc1cnn(Cc2ccc(F)cc2Cl)c1. The fourth-order valence-corrected chi connectivity index (χ4v) is 2.67. The zero-order chi connectivity index (χ0) is 19.6. The molecule has 27 heavy (non-hydrogen) atoms. The lowest BCUT2D eigenvalue weighted by Gasteiger charge is -2.11. The molecule has 0 aliphatic carbocycles. The topological polar surface area (TPSA) is 102 Å². The molecule has 1 aromatic carbocycles. The van der Waals surface area contributed by atoms with E-state index in [1.165, 1.54) is 42.2 Å². The Kier molecular flexibility index (Phi) is 5.22. The Bertz CT molecular complexity index is 1000. The van der Waals surface area contributed by atoms with Crippen LogP contribution in [0.5, 0.6) is 0 Å². The molecular weight excluding hydrogens is 377 g/mol. The molecule has 140 valence electrons. The number of carboxylic acids is 1. The third-order valence-corrected chi connectivity index (χ3v) is 4.22. The molecule has 0 fully saturated rings. The van der Waals surface area contributed by atoms with Gasteiger partial charge < -0.3 is 10.4 Å². The van der Waals surface area contributed by atoms with Gasteiger partial charge in [-0.2, -0.15) is 10.2 Å². The van der Waals surface area contributed by atoms with E-state index in [0.717, 1.165) is 4.68 Å². The fraction of sp³-hybridized carbons (Fsp3) is 0.176. The summed E-state index contributed by atoms with van der Waals surface area (Å²) in [6, 6.07) is 4.52. The molecule has 1 unspecified atom stereocenters. The van der Waals surface area contributed by atoms with E-state index >= 15 is 0 Å². The average Bonchev–Trinajstić information content (AvgIpc) is 3.26. The maximum Gasteiger partial charge on any atom is 0.328 e. The van der Waals surface area contributed by atoms with Crippen LogP contribution in [0.2, 0.25) is 5.02 Å². The van der Waals surface area contributed by atoms with Crippen LogP contribution < -0.4 is 5.32 Å². The summed E-state index contributed by atoms with van der Waals surface area (Å²) in [5.74, 6) is -2.04. The zero-order valence-corrected chi connectivity index (χ0v) is 14.9. The van der Waals surface area contributed by atoms with Gasteiger partial charge in [-0.25, -0.2) is 13.9 Å². The first-order chi connectivity index (χ1) is 12.8. The van der Waals surface area contributed by atoms with Gasteiger partial charge >= 0.3 is 5.97 Å². The second-order valence-electron chi connectivity index (χ2n) is 5.79. The van der Waals surface area contributed by atoms with Crippen LogP contribution in [0.3, 0.4) is 0 Å². The molecule has 10 heteroatoms. The van der Waals surface area contributed by atoms with E-state index in [1.54, 1.807) is 12.3 Å². The Hall–Kier alpha value is -3.20. The number of hydrogen-bond donors (Lipinski definition) is 2. The minimum Gasteiger partial charge on any atom is -0.480 e. The van der Waals surface area contributed by atoms with Gasteiger partial charge in [0.15, 0.2) is 0 Å². The number of rotatable bonds is 6. The van der Waals surface area contributed by atoms with E-state index in [-0.39, 0.29) is 10.7 Å². The van der Waals surface area contributed by atoms with Crippen molar-refractivity contribution in [3.05, 3.63) is 65.0 Å². The van der Waals surface area contributed by atoms with E-state index in [0.29, 0.717) is 17.8 Å². The summed E-state index contributed by atoms with van der Waals surface area (Å²) < 4.78 is 15.8. The third-order valence-electron chi connectivity index (χ3n) is 3.87. The third kappa shape index (κ3) is 4.14. The van der Waals surface area contributed by atoms with Crippen molar-refractivity contribution in [1.29, 1.82) is 0 Å². The van der Waals surface area contributed by atoms with Crippen LogP contribution in [0.25, 0.3) is 0 Å². The van der Waals surface area contributed by atoms with Crippen LogP contribution in [0.4, 0.5) is 10.1 Å². The number of nitrogens with one attached hydrogen (secondary N) is 1. The second kappa shape index (κ2) is 7.58. The molecule has 2 heterocycles. The second-order valence-corrected chi connectivity index (χ2v) is 6.20. The molecule has 0 saturated heterocycles. The predicted octanol–water partition coefficient (Wildman–Crippen LogP) is 2.82. The highest BCUT2D eigenvalue weighted by molar-refractivity contribution is 6.31. The number of aromatic nitrogens is 4. The lowest BCUT2D eigenvalue weighted by atomic mass is 10.2. The van der Waals surface area contributed by atoms with Gasteiger partial charge in [-0.1, -0.05) is 17.7 Å². The van der Waals surface area contributed by atoms with E-state index in [2.05, 4.69) is 15.5 Å². The highest BCUT2D eigenvalue weighted by Gasteiger charge is 2.21. The number of carbonyl (C=O) groups is 2. The van der Waals surface area contributed by atoms with E-state index < -0.39 is 23.7 Å². The van der Waals surface area contributed by atoms with Crippen molar-refractivity contribution < 1.29 is 19.1 Å². The van der Waals surface area contributed by atoms with Crippen molar-refractivity contribution in [3.63, 3.8) is 0 Å². The molecule has 2 N–H and O–H groups in total. The van der Waals surface area contributed by atoms with Crippen molar-refractivity contribution in [2.24, 2.45) is 0 Å². The smallest absolute Gasteiger partial charge is 0.328 e. The van der Waals surface area contributed by atoms with Crippen LogP contribution >= 0.6 is 11.6 Å². The molecule has 2 aromatic heterocycles. The van der Waals surface area contributed by atoms with Crippen molar-refractivity contribution in [2.75, 3.05) is 5.32 Å². The molecular formula is C17H15ClFN5O3. The highest BCUT2D eigenvalue weighted by Crippen LogP contribution is 2.19. The molecule has 3 rings (SSSR count). The van der Waals surface area contributed by atoms with Gasteiger partial charge in [0, 0.05) is 17.4 Å². The average molecular weight is 392 g/mol. The van der Waals surface area contributed by atoms with Gasteiger partial charge in [-0.15, -0.1) is 0 Å². The Balaban J connectivity index is 1.72. The monoisotopic (exact) mass is 391 g/mol. The lowest BCUT2D eigenvalue weighted by Crippen LogP contribution is -2.24. The van der Waals surface area contributed by atoms with Crippen LogP contribution in [0, 0.1) is 5.82 Å². The summed E-state index contributed by atoms with van der Waals surface area (Å²) in [5, 5.41) is 20.0. The summed E-state index contributed by atoms with van der Waals surface area (Å²) in [5.41, 5.74) is 1.19. The summed E-state index contributed by atoms with van der Waals surface area (Å²) >= 11 is 6.00. The molecule has 0 radical (unpaired) electrons. The van der Waals surface area contributed by atoms with Gasteiger partial charge in [-0.05, 0) is 30.7 Å². The van der Waals surface area contributed by atoms with E-state index in [4.69, 9.17) is 16.7 Å². The van der Waals surface area contributed by atoms with Crippen molar-refractivity contribution in [3.8, 4) is 0 Å². The Morgan fingerprint density at radius 1 is 1.33 bits per heavy atom. The van der Waals surface area contributed by atoms with Crippen LogP contribution in [0.15, 0.2) is 42.9 Å². The predicted molar refractivity (Wildman–Crippen MR) is 95.3 cm³/mol. The van der Waals surface area contributed by atoms with Gasteiger partial charge in [0.2, 0.25) is 0 Å². The number of anilines is 1. The number of carboxylic acid groups (broad SMARTS) is 1. The summed E-state index contributed by atoms with van der Waals surface area (Å²) in [6.45, 7) is 1.72. The number of halogens is 2. The number of carbonyl (C=O) groups excluding carboxylic acids is 1. The number of benzene rings is 1. The lowest BCUT2D eigenvalue weighted by molar-refractivity contribution is -0.140. The maximum atomic E-state index is 13.1. The fourth-order valence-electron chi connectivity index (χ4n) is 2.44. The van der Waals surface area contributed by atoms with Crippen molar-refractivity contribution in [1.82, 2.24) is 19.6 Å². The summed E-state index contributed by atoms with van der Waals surface area (Å²) in [6.07, 6.45) is 4.38. The molecule has 1 amide bonds. The van der Waals surface area contributed by atoms with Gasteiger partial charge in [-0.3, -0.25) is 9.48 Å².